The summed E-state index contributed by atoms with van der Waals surface area (Å²) in [4.78, 5) is 17.8. The fourth-order valence-corrected chi connectivity index (χ4v) is 4.51. The molecule has 0 bridgehead atoms. The van der Waals surface area contributed by atoms with E-state index in [1.54, 1.807) is 0 Å². The van der Waals surface area contributed by atoms with Gasteiger partial charge in [-0.05, 0) is 60.4 Å². The predicted octanol–water partition coefficient (Wildman–Crippen LogP) is 5.72. The minimum absolute atomic E-state index is 0.257. The van der Waals surface area contributed by atoms with Crippen LogP contribution in [-0.4, -0.2) is 39.2 Å². The summed E-state index contributed by atoms with van der Waals surface area (Å²) in [6, 6.07) is 21.4. The molecule has 0 amide bonds. The molecular formula is C28H27ClN4O3. The van der Waals surface area contributed by atoms with Gasteiger partial charge in [0, 0.05) is 35.9 Å². The third-order valence-corrected chi connectivity index (χ3v) is 6.85. The molecule has 0 aliphatic carbocycles. The molecule has 8 heteroatoms. The number of hydrogen-bond acceptors (Lipinski definition) is 6. The molecule has 1 unspecified atom stereocenters. The topological polar surface area (TPSA) is 91.5 Å². The van der Waals surface area contributed by atoms with Crippen molar-refractivity contribution in [3.63, 3.8) is 0 Å². The van der Waals surface area contributed by atoms with Crippen molar-refractivity contribution in [3.05, 3.63) is 99.9 Å². The van der Waals surface area contributed by atoms with Crippen molar-refractivity contribution in [2.45, 2.75) is 26.4 Å². The first-order chi connectivity index (χ1) is 17.4. The number of carboxylic acid groups (broad SMARTS) is 1. The van der Waals surface area contributed by atoms with Gasteiger partial charge in [-0.25, -0.2) is 0 Å². The number of carboxylic acids is 1. The Morgan fingerprint density at radius 1 is 1.11 bits per heavy atom. The highest BCUT2D eigenvalue weighted by atomic mass is 35.5. The van der Waals surface area contributed by atoms with Crippen LogP contribution in [0.4, 0.5) is 5.69 Å². The minimum Gasteiger partial charge on any atom is -0.481 e. The summed E-state index contributed by atoms with van der Waals surface area (Å²) in [6.07, 6.45) is 0. The van der Waals surface area contributed by atoms with Crippen LogP contribution in [0.15, 0.2) is 71.3 Å². The Balaban J connectivity index is 1.35. The van der Waals surface area contributed by atoms with Crippen LogP contribution < -0.4 is 5.32 Å². The molecule has 7 nitrogen and oxygen atoms in total. The lowest BCUT2D eigenvalue weighted by Crippen LogP contribution is -2.49. The van der Waals surface area contributed by atoms with Gasteiger partial charge in [0.15, 0.2) is 0 Å². The molecule has 184 valence electrons. The van der Waals surface area contributed by atoms with Crippen LogP contribution in [0.25, 0.3) is 11.4 Å². The minimum atomic E-state index is -0.724. The Kier molecular flexibility index (Phi) is 6.76. The molecule has 5 rings (SSSR count). The van der Waals surface area contributed by atoms with Crippen LogP contribution in [0.2, 0.25) is 5.02 Å². The Labute approximate surface area is 214 Å². The first-order valence-corrected chi connectivity index (χ1v) is 12.2. The second kappa shape index (κ2) is 10.1. The maximum Gasteiger partial charge on any atom is 0.309 e. The van der Waals surface area contributed by atoms with Gasteiger partial charge in [0.25, 0.3) is 5.89 Å². The van der Waals surface area contributed by atoms with Gasteiger partial charge < -0.3 is 14.9 Å². The van der Waals surface area contributed by atoms with Crippen molar-refractivity contribution in [2.75, 3.05) is 18.4 Å². The number of hydrogen-bond donors (Lipinski definition) is 2. The Morgan fingerprint density at radius 3 is 2.58 bits per heavy atom. The number of aromatic nitrogens is 2. The maximum atomic E-state index is 11.0. The zero-order valence-corrected chi connectivity index (χ0v) is 20.9. The molecule has 2 heterocycles. The summed E-state index contributed by atoms with van der Waals surface area (Å²) in [6.45, 7) is 6.06. The molecular weight excluding hydrogens is 476 g/mol. The normalized spacial score (nSPS) is 14.9. The number of aliphatic carboxylic acids is 1. The van der Waals surface area contributed by atoms with Crippen molar-refractivity contribution in [3.8, 4) is 11.4 Å². The molecule has 0 spiro atoms. The first-order valence-electron chi connectivity index (χ1n) is 11.8. The number of carbonyl (C=O) groups is 1. The van der Waals surface area contributed by atoms with Crippen molar-refractivity contribution in [2.24, 2.45) is 5.92 Å². The summed E-state index contributed by atoms with van der Waals surface area (Å²) in [5.74, 6) is -0.0419. The number of rotatable bonds is 8. The van der Waals surface area contributed by atoms with Crippen LogP contribution in [0.3, 0.4) is 0 Å². The summed E-state index contributed by atoms with van der Waals surface area (Å²) >= 11 is 6.29. The molecule has 4 aromatic rings. The molecule has 36 heavy (non-hydrogen) atoms. The lowest BCUT2D eigenvalue weighted by atomic mass is 9.99. The van der Waals surface area contributed by atoms with Crippen molar-refractivity contribution < 1.29 is 14.4 Å². The summed E-state index contributed by atoms with van der Waals surface area (Å²) in [5, 5.41) is 17.4. The number of benzene rings is 3. The smallest absolute Gasteiger partial charge is 0.309 e. The van der Waals surface area contributed by atoms with E-state index in [1.807, 2.05) is 54.6 Å². The van der Waals surface area contributed by atoms with E-state index in [2.05, 4.69) is 41.4 Å². The molecule has 1 saturated heterocycles. The summed E-state index contributed by atoms with van der Waals surface area (Å²) in [5.41, 5.74) is 6.23. The van der Waals surface area contributed by atoms with Gasteiger partial charge >= 0.3 is 5.97 Å². The third-order valence-electron chi connectivity index (χ3n) is 6.61. The maximum absolute atomic E-state index is 11.0. The van der Waals surface area contributed by atoms with Crippen LogP contribution in [0.5, 0.6) is 0 Å². The van der Waals surface area contributed by atoms with E-state index < -0.39 is 5.97 Å². The first kappa shape index (κ1) is 24.0. The summed E-state index contributed by atoms with van der Waals surface area (Å²) < 4.78 is 5.73. The lowest BCUT2D eigenvalue weighted by molar-refractivity contribution is -0.147. The Morgan fingerprint density at radius 2 is 1.89 bits per heavy atom. The van der Waals surface area contributed by atoms with Crippen LogP contribution in [-0.2, 0) is 11.3 Å². The van der Waals surface area contributed by atoms with Gasteiger partial charge in [-0.1, -0.05) is 59.2 Å². The molecule has 1 aliphatic rings. The van der Waals surface area contributed by atoms with E-state index in [4.69, 9.17) is 26.2 Å². The molecule has 1 fully saturated rings. The van der Waals surface area contributed by atoms with Crippen LogP contribution in [0, 0.1) is 19.8 Å². The zero-order chi connectivity index (χ0) is 25.2. The fraction of sp³-hybridized carbons (Fsp3) is 0.250. The van der Waals surface area contributed by atoms with Crippen LogP contribution in [0.1, 0.15) is 34.2 Å². The van der Waals surface area contributed by atoms with E-state index in [0.29, 0.717) is 29.8 Å². The standard InChI is InChI=1S/C28H27ClN4O3/c1-17-6-11-24(12-18(17)2)30-25(21-4-3-5-23(29)13-21)27-31-26(32-36-27)20-9-7-19(8-10-20)14-33-15-22(16-33)28(34)35/h3-13,22,25,30H,14-16H2,1-2H3,(H,34,35). The Hall–Kier alpha value is -3.68. The summed E-state index contributed by atoms with van der Waals surface area (Å²) in [7, 11) is 0. The molecule has 2 N–H and O–H groups in total. The monoisotopic (exact) mass is 502 g/mol. The highest BCUT2D eigenvalue weighted by Crippen LogP contribution is 2.30. The zero-order valence-electron chi connectivity index (χ0n) is 20.1. The largest absolute Gasteiger partial charge is 0.481 e. The van der Waals surface area contributed by atoms with Crippen molar-refractivity contribution >= 4 is 23.3 Å². The Bertz CT molecular complexity index is 1380. The number of aryl methyl sites for hydroxylation is 2. The number of likely N-dealkylation sites (tertiary alicyclic amines) is 1. The van der Waals surface area contributed by atoms with Gasteiger partial charge in [0.2, 0.25) is 5.82 Å². The van der Waals surface area contributed by atoms with Gasteiger partial charge in [-0.3, -0.25) is 9.69 Å². The van der Waals surface area contributed by atoms with E-state index in [9.17, 15) is 4.79 Å². The number of halogens is 1. The SMILES string of the molecule is Cc1ccc(NC(c2cccc(Cl)c2)c2nc(-c3ccc(CN4CC(C(=O)O)C4)cc3)no2)cc1C. The second-order valence-electron chi connectivity index (χ2n) is 9.31. The van der Waals surface area contributed by atoms with E-state index in [1.165, 1.54) is 11.1 Å². The number of nitrogens with zero attached hydrogens (tertiary/aromatic N) is 3. The molecule has 1 aromatic heterocycles. The lowest BCUT2D eigenvalue weighted by Gasteiger charge is -2.36. The molecule has 3 aromatic carbocycles. The highest BCUT2D eigenvalue weighted by molar-refractivity contribution is 6.30. The second-order valence-corrected chi connectivity index (χ2v) is 9.75. The molecule has 1 aliphatic heterocycles. The molecule has 1 atom stereocenters. The number of anilines is 1. The van der Waals surface area contributed by atoms with E-state index in [-0.39, 0.29) is 12.0 Å². The predicted molar refractivity (Wildman–Crippen MR) is 139 cm³/mol. The van der Waals surface area contributed by atoms with Gasteiger partial charge in [-0.2, -0.15) is 4.98 Å². The average molecular weight is 503 g/mol. The van der Waals surface area contributed by atoms with E-state index in [0.717, 1.165) is 28.9 Å². The quantitative estimate of drug-likeness (QED) is 0.318. The van der Waals surface area contributed by atoms with Crippen LogP contribution >= 0.6 is 11.6 Å². The number of nitrogens with one attached hydrogen (secondary N) is 1. The van der Waals surface area contributed by atoms with E-state index >= 15 is 0 Å². The third kappa shape index (κ3) is 5.27. The average Bonchev–Trinajstić information content (AvgIpc) is 3.32. The van der Waals surface area contributed by atoms with Gasteiger partial charge in [0.05, 0.1) is 5.92 Å². The van der Waals surface area contributed by atoms with Gasteiger partial charge in [0.1, 0.15) is 6.04 Å². The molecule has 0 saturated carbocycles. The fourth-order valence-electron chi connectivity index (χ4n) is 4.31. The highest BCUT2D eigenvalue weighted by Gasteiger charge is 2.32. The molecule has 0 radical (unpaired) electrons. The van der Waals surface area contributed by atoms with Crippen molar-refractivity contribution in [1.29, 1.82) is 0 Å². The van der Waals surface area contributed by atoms with Gasteiger partial charge in [-0.15, -0.1) is 0 Å². The van der Waals surface area contributed by atoms with Crippen molar-refractivity contribution in [1.82, 2.24) is 15.0 Å².